The van der Waals surface area contributed by atoms with Crippen LogP contribution in [-0.4, -0.2) is 23.1 Å². The highest BCUT2D eigenvalue weighted by atomic mass is 15.0. The molecule has 0 aromatic carbocycles. The summed E-state index contributed by atoms with van der Waals surface area (Å²) in [5, 5.41) is 3.47. The van der Waals surface area contributed by atoms with Gasteiger partial charge in [-0.2, -0.15) is 0 Å². The highest BCUT2D eigenvalue weighted by Crippen LogP contribution is 2.28. The number of nitrogens with one attached hydrogen (secondary N) is 1. The third-order valence-electron chi connectivity index (χ3n) is 3.37. The third kappa shape index (κ3) is 3.00. The number of aromatic nitrogens is 2. The molecular formula is C12H20N4. The van der Waals surface area contributed by atoms with Gasteiger partial charge in [-0.05, 0) is 24.9 Å². The van der Waals surface area contributed by atoms with E-state index < -0.39 is 0 Å². The van der Waals surface area contributed by atoms with Crippen molar-refractivity contribution < 1.29 is 0 Å². The van der Waals surface area contributed by atoms with Crippen LogP contribution in [0.1, 0.15) is 37.4 Å². The van der Waals surface area contributed by atoms with E-state index in [0.29, 0.717) is 6.54 Å². The number of hydrogen-bond donors (Lipinski definition) is 2. The molecule has 88 valence electrons. The molecule has 1 aromatic heterocycles. The van der Waals surface area contributed by atoms with E-state index in [1.165, 1.54) is 25.7 Å². The number of nitrogens with two attached hydrogens (primary N) is 1. The van der Waals surface area contributed by atoms with Crippen LogP contribution in [0.2, 0.25) is 0 Å². The minimum atomic E-state index is 0.170. The predicted molar refractivity (Wildman–Crippen MR) is 63.8 cm³/mol. The summed E-state index contributed by atoms with van der Waals surface area (Å²) < 4.78 is 0. The first-order valence-electron chi connectivity index (χ1n) is 6.09. The largest absolute Gasteiger partial charge is 0.329 e. The fourth-order valence-corrected chi connectivity index (χ4v) is 2.06. The van der Waals surface area contributed by atoms with Gasteiger partial charge in [0.05, 0.1) is 11.7 Å². The Labute approximate surface area is 96.7 Å². The van der Waals surface area contributed by atoms with E-state index in [1.54, 1.807) is 12.5 Å². The molecule has 1 aliphatic rings. The molecule has 0 saturated heterocycles. The van der Waals surface area contributed by atoms with Crippen molar-refractivity contribution in [3.63, 3.8) is 0 Å². The Hall–Kier alpha value is -1.00. The number of nitrogens with zero attached hydrogens (tertiary/aromatic N) is 2. The standard InChI is InChI=1S/C12H20N4/c13-8-12(11-5-6-14-9-16-11)15-7-4-10-2-1-3-10/h5-6,9-10,12,15H,1-4,7-8,13H2. The van der Waals surface area contributed by atoms with Crippen molar-refractivity contribution in [2.24, 2.45) is 11.7 Å². The van der Waals surface area contributed by atoms with Gasteiger partial charge >= 0.3 is 0 Å². The summed E-state index contributed by atoms with van der Waals surface area (Å²) in [4.78, 5) is 8.14. The molecule has 3 N–H and O–H groups in total. The summed E-state index contributed by atoms with van der Waals surface area (Å²) in [7, 11) is 0. The molecule has 1 fully saturated rings. The smallest absolute Gasteiger partial charge is 0.115 e. The number of rotatable bonds is 6. The molecule has 1 aliphatic carbocycles. The summed E-state index contributed by atoms with van der Waals surface area (Å²) in [6.45, 7) is 1.62. The van der Waals surface area contributed by atoms with Crippen LogP contribution in [-0.2, 0) is 0 Å². The molecule has 0 spiro atoms. The zero-order valence-corrected chi connectivity index (χ0v) is 9.60. The van der Waals surface area contributed by atoms with Crippen molar-refractivity contribution in [1.29, 1.82) is 0 Å². The molecule has 0 amide bonds. The molecule has 1 aromatic rings. The van der Waals surface area contributed by atoms with E-state index in [0.717, 1.165) is 18.2 Å². The quantitative estimate of drug-likeness (QED) is 0.757. The summed E-state index contributed by atoms with van der Waals surface area (Å²) in [5.41, 5.74) is 6.74. The summed E-state index contributed by atoms with van der Waals surface area (Å²) in [6.07, 6.45) is 8.83. The first-order chi connectivity index (χ1) is 7.90. The van der Waals surface area contributed by atoms with Crippen molar-refractivity contribution in [1.82, 2.24) is 15.3 Å². The molecule has 1 atom stereocenters. The molecule has 2 rings (SSSR count). The van der Waals surface area contributed by atoms with E-state index >= 15 is 0 Å². The molecule has 0 radical (unpaired) electrons. The van der Waals surface area contributed by atoms with E-state index in [-0.39, 0.29) is 6.04 Å². The second-order valence-corrected chi connectivity index (χ2v) is 4.46. The Morgan fingerprint density at radius 3 is 2.94 bits per heavy atom. The van der Waals surface area contributed by atoms with Crippen LogP contribution in [0.25, 0.3) is 0 Å². The van der Waals surface area contributed by atoms with Crippen LogP contribution in [0.15, 0.2) is 18.6 Å². The van der Waals surface area contributed by atoms with Gasteiger partial charge in [0.2, 0.25) is 0 Å². The average molecular weight is 220 g/mol. The summed E-state index contributed by atoms with van der Waals surface area (Å²) in [6, 6.07) is 2.09. The predicted octanol–water partition coefficient (Wildman–Crippen LogP) is 1.26. The van der Waals surface area contributed by atoms with Gasteiger partial charge in [0.15, 0.2) is 0 Å². The maximum absolute atomic E-state index is 5.75. The topological polar surface area (TPSA) is 63.8 Å². The van der Waals surface area contributed by atoms with Crippen LogP contribution < -0.4 is 11.1 Å². The number of hydrogen-bond acceptors (Lipinski definition) is 4. The van der Waals surface area contributed by atoms with Gasteiger partial charge in [0, 0.05) is 12.7 Å². The molecule has 0 bridgehead atoms. The van der Waals surface area contributed by atoms with Crippen molar-refractivity contribution in [2.45, 2.75) is 31.7 Å². The fraction of sp³-hybridized carbons (Fsp3) is 0.667. The molecule has 16 heavy (non-hydrogen) atoms. The Morgan fingerprint density at radius 2 is 2.38 bits per heavy atom. The van der Waals surface area contributed by atoms with Gasteiger partial charge in [0.25, 0.3) is 0 Å². The molecule has 0 aliphatic heterocycles. The van der Waals surface area contributed by atoms with Gasteiger partial charge in [-0.25, -0.2) is 9.97 Å². The monoisotopic (exact) mass is 220 g/mol. The molecule has 4 heteroatoms. The zero-order valence-electron chi connectivity index (χ0n) is 9.60. The maximum atomic E-state index is 5.75. The Balaban J connectivity index is 1.76. The second-order valence-electron chi connectivity index (χ2n) is 4.46. The lowest BCUT2D eigenvalue weighted by molar-refractivity contribution is 0.287. The Kier molecular flexibility index (Phi) is 4.25. The van der Waals surface area contributed by atoms with E-state index in [4.69, 9.17) is 5.73 Å². The minimum Gasteiger partial charge on any atom is -0.329 e. The molecule has 1 unspecified atom stereocenters. The van der Waals surface area contributed by atoms with Crippen LogP contribution in [0, 0.1) is 5.92 Å². The van der Waals surface area contributed by atoms with Crippen molar-refractivity contribution in [2.75, 3.05) is 13.1 Å². The Bertz CT molecular complexity index is 297. The lowest BCUT2D eigenvalue weighted by atomic mass is 9.83. The Morgan fingerprint density at radius 1 is 1.50 bits per heavy atom. The van der Waals surface area contributed by atoms with E-state index in [1.807, 2.05) is 6.07 Å². The first-order valence-corrected chi connectivity index (χ1v) is 6.09. The zero-order chi connectivity index (χ0) is 11.2. The summed E-state index contributed by atoms with van der Waals surface area (Å²) in [5.74, 6) is 0.941. The van der Waals surface area contributed by atoms with E-state index in [2.05, 4.69) is 15.3 Å². The highest BCUT2D eigenvalue weighted by molar-refractivity contribution is 5.05. The molecular weight excluding hydrogens is 200 g/mol. The molecule has 4 nitrogen and oxygen atoms in total. The average Bonchev–Trinajstić information content (AvgIpc) is 2.28. The van der Waals surface area contributed by atoms with Gasteiger partial charge in [-0.3, -0.25) is 0 Å². The first kappa shape index (κ1) is 11.5. The minimum absolute atomic E-state index is 0.170. The highest BCUT2D eigenvalue weighted by Gasteiger charge is 2.17. The van der Waals surface area contributed by atoms with Crippen LogP contribution in [0.5, 0.6) is 0 Å². The van der Waals surface area contributed by atoms with Crippen molar-refractivity contribution in [3.8, 4) is 0 Å². The third-order valence-corrected chi connectivity index (χ3v) is 3.37. The SMILES string of the molecule is NCC(NCCC1CCC1)c1ccncn1. The van der Waals surface area contributed by atoms with Gasteiger partial charge < -0.3 is 11.1 Å². The molecule has 1 saturated carbocycles. The van der Waals surface area contributed by atoms with Crippen LogP contribution in [0.3, 0.4) is 0 Å². The van der Waals surface area contributed by atoms with Crippen molar-refractivity contribution in [3.05, 3.63) is 24.3 Å². The normalized spacial score (nSPS) is 18.1. The summed E-state index contributed by atoms with van der Waals surface area (Å²) >= 11 is 0. The van der Waals surface area contributed by atoms with E-state index in [9.17, 15) is 0 Å². The van der Waals surface area contributed by atoms with Gasteiger partial charge in [-0.15, -0.1) is 0 Å². The molecule has 1 heterocycles. The maximum Gasteiger partial charge on any atom is 0.115 e. The van der Waals surface area contributed by atoms with Crippen LogP contribution in [0.4, 0.5) is 0 Å². The van der Waals surface area contributed by atoms with Gasteiger partial charge in [-0.1, -0.05) is 19.3 Å². The fourth-order valence-electron chi connectivity index (χ4n) is 2.06. The van der Waals surface area contributed by atoms with Gasteiger partial charge in [0.1, 0.15) is 6.33 Å². The lowest BCUT2D eigenvalue weighted by Gasteiger charge is -2.26. The van der Waals surface area contributed by atoms with Crippen LogP contribution >= 0.6 is 0 Å². The van der Waals surface area contributed by atoms with Crippen molar-refractivity contribution >= 4 is 0 Å². The lowest BCUT2D eigenvalue weighted by Crippen LogP contribution is -2.31. The second kappa shape index (κ2) is 5.92.